The summed E-state index contributed by atoms with van der Waals surface area (Å²) in [5, 5.41) is 0.226. The number of esters is 1. The Morgan fingerprint density at radius 1 is 1.55 bits per heavy atom. The van der Waals surface area contributed by atoms with Crippen molar-refractivity contribution in [1.29, 1.82) is 0 Å². The van der Waals surface area contributed by atoms with Gasteiger partial charge in [-0.05, 0) is 25.0 Å². The number of carbonyl (C=O) groups excluding carboxylic acids is 1. The minimum absolute atomic E-state index is 0.0632. The normalized spacial score (nSPS) is 19.6. The van der Waals surface area contributed by atoms with Crippen LogP contribution in [0.5, 0.6) is 0 Å². The van der Waals surface area contributed by atoms with Crippen LogP contribution >= 0.6 is 11.6 Å². The van der Waals surface area contributed by atoms with Gasteiger partial charge in [-0.25, -0.2) is 8.42 Å². The topological polar surface area (TPSA) is 76.6 Å². The van der Waals surface area contributed by atoms with Gasteiger partial charge in [0.15, 0.2) is 0 Å². The van der Waals surface area contributed by atoms with Crippen LogP contribution in [0.1, 0.15) is 12.8 Å². The molecule has 0 saturated carbocycles. The number of hydrogen-bond donors (Lipinski definition) is 0. The van der Waals surface area contributed by atoms with E-state index in [9.17, 15) is 13.2 Å². The quantitative estimate of drug-likeness (QED) is 0.761. The van der Waals surface area contributed by atoms with Gasteiger partial charge in [0.2, 0.25) is 10.0 Å². The van der Waals surface area contributed by atoms with E-state index >= 15 is 0 Å². The number of sulfonamides is 1. The molecule has 22 heavy (non-hydrogen) atoms. The van der Waals surface area contributed by atoms with Crippen LogP contribution in [-0.4, -0.2) is 43.4 Å². The smallest absolute Gasteiger partial charge is 0.310 e. The molecule has 1 atom stereocenters. The fourth-order valence-electron chi connectivity index (χ4n) is 2.27. The highest BCUT2D eigenvalue weighted by molar-refractivity contribution is 7.89. The van der Waals surface area contributed by atoms with Crippen molar-refractivity contribution < 1.29 is 17.9 Å². The van der Waals surface area contributed by atoms with E-state index in [-0.39, 0.29) is 23.1 Å². The number of pyridine rings is 1. The molecule has 1 fully saturated rings. The number of rotatable bonds is 5. The van der Waals surface area contributed by atoms with E-state index in [2.05, 4.69) is 11.6 Å². The Kier molecular flexibility index (Phi) is 5.55. The molecule has 0 aliphatic carbocycles. The largest absolute Gasteiger partial charge is 0.460 e. The molecule has 6 nitrogen and oxygen atoms in total. The van der Waals surface area contributed by atoms with Crippen LogP contribution in [0.3, 0.4) is 0 Å². The lowest BCUT2D eigenvalue weighted by atomic mass is 10.0. The Balaban J connectivity index is 2.07. The van der Waals surface area contributed by atoms with Crippen LogP contribution in [0, 0.1) is 5.92 Å². The van der Waals surface area contributed by atoms with E-state index in [1.54, 1.807) is 6.07 Å². The highest BCUT2D eigenvalue weighted by atomic mass is 35.5. The summed E-state index contributed by atoms with van der Waals surface area (Å²) in [5.74, 6) is -0.941. The van der Waals surface area contributed by atoms with E-state index in [1.807, 2.05) is 0 Å². The second-order valence-corrected chi connectivity index (χ2v) is 7.49. The molecular formula is C14H17ClN2O4S. The van der Waals surface area contributed by atoms with E-state index in [0.29, 0.717) is 19.4 Å². The van der Waals surface area contributed by atoms with E-state index in [0.717, 1.165) is 0 Å². The van der Waals surface area contributed by atoms with Crippen LogP contribution in [0.4, 0.5) is 0 Å². The number of carbonyl (C=O) groups is 1. The second-order valence-electron chi connectivity index (χ2n) is 5.02. The minimum Gasteiger partial charge on any atom is -0.460 e. The van der Waals surface area contributed by atoms with Crippen LogP contribution in [0.15, 0.2) is 41.0 Å². The average Bonchev–Trinajstić information content (AvgIpc) is 2.53. The molecule has 2 rings (SSSR count). The number of aromatic nitrogens is 1. The summed E-state index contributed by atoms with van der Waals surface area (Å²) >= 11 is 5.56. The maximum Gasteiger partial charge on any atom is 0.310 e. The van der Waals surface area contributed by atoms with Gasteiger partial charge in [0.25, 0.3) is 0 Å². The maximum absolute atomic E-state index is 12.5. The zero-order chi connectivity index (χ0) is 16.2. The molecule has 2 heterocycles. The van der Waals surface area contributed by atoms with Gasteiger partial charge >= 0.3 is 5.97 Å². The predicted molar refractivity (Wildman–Crippen MR) is 81.7 cm³/mol. The van der Waals surface area contributed by atoms with Crippen molar-refractivity contribution in [2.75, 3.05) is 19.7 Å². The van der Waals surface area contributed by atoms with Crippen molar-refractivity contribution >= 4 is 27.6 Å². The summed E-state index contributed by atoms with van der Waals surface area (Å²) in [6.07, 6.45) is 4.00. The van der Waals surface area contributed by atoms with Gasteiger partial charge in [-0.15, -0.1) is 0 Å². The summed E-state index contributed by atoms with van der Waals surface area (Å²) in [6, 6.07) is 3.05. The molecule has 120 valence electrons. The van der Waals surface area contributed by atoms with Gasteiger partial charge in [0.05, 0.1) is 5.92 Å². The van der Waals surface area contributed by atoms with Crippen LogP contribution < -0.4 is 0 Å². The lowest BCUT2D eigenvalue weighted by Crippen LogP contribution is -2.42. The van der Waals surface area contributed by atoms with Gasteiger partial charge < -0.3 is 4.74 Å². The van der Waals surface area contributed by atoms with Gasteiger partial charge in [-0.2, -0.15) is 4.31 Å². The monoisotopic (exact) mass is 344 g/mol. The summed E-state index contributed by atoms with van der Waals surface area (Å²) in [4.78, 5) is 15.9. The zero-order valence-corrected chi connectivity index (χ0v) is 13.5. The third kappa shape index (κ3) is 4.06. The molecule has 0 radical (unpaired) electrons. The highest BCUT2D eigenvalue weighted by Crippen LogP contribution is 2.24. The Morgan fingerprint density at radius 3 is 2.95 bits per heavy atom. The Labute approximate surface area is 134 Å². The number of nitrogens with zero attached hydrogens (tertiary/aromatic N) is 2. The number of halogens is 1. The molecule has 1 aromatic heterocycles. The standard InChI is InChI=1S/C14H17ClN2O4S/c1-11(15)10-21-14(18)12-4-3-7-17(9-12)22(19,20)13-5-2-6-16-8-13/h2,5-6,8,12H,1,3-4,7,9-10H2/t12-/m1/s1. The van der Waals surface area contributed by atoms with E-state index < -0.39 is 21.9 Å². The summed E-state index contributed by atoms with van der Waals surface area (Å²) in [6.45, 7) is 3.86. The zero-order valence-electron chi connectivity index (χ0n) is 11.9. The average molecular weight is 345 g/mol. The summed E-state index contributed by atoms with van der Waals surface area (Å²) < 4.78 is 31.3. The third-order valence-corrected chi connectivity index (χ3v) is 5.32. The van der Waals surface area contributed by atoms with Gasteiger partial charge in [-0.3, -0.25) is 9.78 Å². The lowest BCUT2D eigenvalue weighted by molar-refractivity contribution is -0.148. The second kappa shape index (κ2) is 7.21. The summed E-state index contributed by atoms with van der Waals surface area (Å²) in [5.41, 5.74) is 0. The fourth-order valence-corrected chi connectivity index (χ4v) is 3.81. The molecule has 0 bridgehead atoms. The molecule has 0 spiro atoms. The van der Waals surface area contributed by atoms with Crippen LogP contribution in [-0.2, 0) is 19.6 Å². The molecule has 1 aliphatic rings. The summed E-state index contributed by atoms with van der Waals surface area (Å²) in [7, 11) is -3.64. The van der Waals surface area contributed by atoms with Gasteiger partial charge in [0.1, 0.15) is 11.5 Å². The van der Waals surface area contributed by atoms with Gasteiger partial charge in [-0.1, -0.05) is 18.2 Å². The van der Waals surface area contributed by atoms with Gasteiger partial charge in [0, 0.05) is 30.5 Å². The van der Waals surface area contributed by atoms with Crippen molar-refractivity contribution in [2.24, 2.45) is 5.92 Å². The number of piperidine rings is 1. The maximum atomic E-state index is 12.5. The van der Waals surface area contributed by atoms with Crippen molar-refractivity contribution in [3.8, 4) is 0 Å². The van der Waals surface area contributed by atoms with Crippen molar-refractivity contribution in [3.63, 3.8) is 0 Å². The first-order valence-corrected chi connectivity index (χ1v) is 8.63. The highest BCUT2D eigenvalue weighted by Gasteiger charge is 2.34. The molecular weight excluding hydrogens is 328 g/mol. The minimum atomic E-state index is -3.64. The molecule has 0 amide bonds. The predicted octanol–water partition coefficient (Wildman–Crippen LogP) is 1.78. The van der Waals surface area contributed by atoms with E-state index in [4.69, 9.17) is 16.3 Å². The molecule has 0 aromatic carbocycles. The third-order valence-electron chi connectivity index (χ3n) is 3.36. The van der Waals surface area contributed by atoms with E-state index in [1.165, 1.54) is 22.8 Å². The first-order chi connectivity index (χ1) is 10.4. The molecule has 1 saturated heterocycles. The fraction of sp³-hybridized carbons (Fsp3) is 0.429. The molecule has 1 aromatic rings. The van der Waals surface area contributed by atoms with Crippen LogP contribution in [0.2, 0.25) is 0 Å². The molecule has 1 aliphatic heterocycles. The molecule has 0 N–H and O–H groups in total. The Bertz CT molecular complexity index is 648. The molecule has 0 unspecified atom stereocenters. The molecule has 8 heteroatoms. The van der Waals surface area contributed by atoms with Crippen molar-refractivity contribution in [3.05, 3.63) is 36.1 Å². The Morgan fingerprint density at radius 2 is 2.32 bits per heavy atom. The van der Waals surface area contributed by atoms with Crippen molar-refractivity contribution in [2.45, 2.75) is 17.7 Å². The van der Waals surface area contributed by atoms with Crippen LogP contribution in [0.25, 0.3) is 0 Å². The van der Waals surface area contributed by atoms with Crippen molar-refractivity contribution in [1.82, 2.24) is 9.29 Å². The first kappa shape index (κ1) is 16.9. The lowest BCUT2D eigenvalue weighted by Gasteiger charge is -2.30. The number of ether oxygens (including phenoxy) is 1. The SMILES string of the molecule is C=C(Cl)COC(=O)[C@@H]1CCCN(S(=O)(=O)c2cccnc2)C1. The first-order valence-electron chi connectivity index (χ1n) is 6.81. The Hall–Kier alpha value is -1.44. The number of hydrogen-bond acceptors (Lipinski definition) is 5.